The lowest BCUT2D eigenvalue weighted by atomic mass is 10.2. The van der Waals surface area contributed by atoms with E-state index in [2.05, 4.69) is 5.32 Å². The summed E-state index contributed by atoms with van der Waals surface area (Å²) in [6.45, 7) is 3.45. The molecule has 0 amide bonds. The van der Waals surface area contributed by atoms with E-state index in [0.717, 1.165) is 6.07 Å². The van der Waals surface area contributed by atoms with Gasteiger partial charge in [-0.05, 0) is 12.1 Å². The van der Waals surface area contributed by atoms with Gasteiger partial charge >= 0.3 is 12.1 Å². The van der Waals surface area contributed by atoms with Gasteiger partial charge in [-0.1, -0.05) is 26.0 Å². The number of aliphatic carboxylic acids is 1. The summed E-state index contributed by atoms with van der Waals surface area (Å²) in [6, 6.07) is 3.95. The number of nitrogens with one attached hydrogen (secondary N) is 1. The number of hydrogen-bond donors (Lipinski definition) is 2. The number of carboxylic acid groups (broad SMARTS) is 1. The van der Waals surface area contributed by atoms with Crippen LogP contribution in [0.1, 0.15) is 25.8 Å². The first-order valence-corrected chi connectivity index (χ1v) is 6.49. The standard InChI is InChI=1S/C14H18F3NO3/c1-9(2)18-11(13(19)20)7-8-21-12-6-4-3-5-10(12)14(15,16)17/h3-6,9,11,18H,7-8H2,1-2H3,(H,19,20). The van der Waals surface area contributed by atoms with Crippen LogP contribution in [0.2, 0.25) is 0 Å². The van der Waals surface area contributed by atoms with Gasteiger partial charge in [0.2, 0.25) is 0 Å². The summed E-state index contributed by atoms with van der Waals surface area (Å²) < 4.78 is 43.3. The maximum atomic E-state index is 12.7. The lowest BCUT2D eigenvalue weighted by molar-refractivity contribution is -0.141. The van der Waals surface area contributed by atoms with E-state index in [0.29, 0.717) is 0 Å². The number of rotatable bonds is 7. The van der Waals surface area contributed by atoms with Crippen LogP contribution in [-0.4, -0.2) is 29.8 Å². The Morgan fingerprint density at radius 1 is 1.33 bits per heavy atom. The van der Waals surface area contributed by atoms with Crippen molar-refractivity contribution in [3.63, 3.8) is 0 Å². The van der Waals surface area contributed by atoms with Crippen molar-refractivity contribution in [2.45, 2.75) is 38.5 Å². The highest BCUT2D eigenvalue weighted by atomic mass is 19.4. The molecule has 4 nitrogen and oxygen atoms in total. The number of para-hydroxylation sites is 1. The van der Waals surface area contributed by atoms with Crippen molar-refractivity contribution in [3.8, 4) is 5.75 Å². The minimum atomic E-state index is -4.50. The molecule has 1 rings (SSSR count). The Morgan fingerprint density at radius 3 is 2.48 bits per heavy atom. The Hall–Kier alpha value is -1.76. The highest BCUT2D eigenvalue weighted by Crippen LogP contribution is 2.35. The number of halogens is 3. The summed E-state index contributed by atoms with van der Waals surface area (Å²) in [5.41, 5.74) is -0.867. The molecule has 0 aliphatic rings. The number of alkyl halides is 3. The average molecular weight is 305 g/mol. The molecule has 0 bridgehead atoms. The van der Waals surface area contributed by atoms with Crippen molar-refractivity contribution in [2.24, 2.45) is 0 Å². The van der Waals surface area contributed by atoms with Gasteiger partial charge < -0.3 is 15.2 Å². The zero-order valence-corrected chi connectivity index (χ0v) is 11.8. The Bertz CT molecular complexity index is 475. The van der Waals surface area contributed by atoms with E-state index < -0.39 is 23.8 Å². The summed E-state index contributed by atoms with van der Waals surface area (Å²) in [4.78, 5) is 11.0. The molecule has 0 fully saturated rings. The molecule has 0 heterocycles. The van der Waals surface area contributed by atoms with E-state index >= 15 is 0 Å². The summed E-state index contributed by atoms with van der Waals surface area (Å²) in [6.07, 6.45) is -4.43. The van der Waals surface area contributed by atoms with Crippen LogP contribution < -0.4 is 10.1 Å². The fraction of sp³-hybridized carbons (Fsp3) is 0.500. The first-order chi connectivity index (χ1) is 9.71. The molecule has 1 unspecified atom stereocenters. The van der Waals surface area contributed by atoms with Crippen LogP contribution in [0.5, 0.6) is 5.75 Å². The Morgan fingerprint density at radius 2 is 1.95 bits per heavy atom. The molecule has 1 aromatic carbocycles. The van der Waals surface area contributed by atoms with Crippen LogP contribution in [0, 0.1) is 0 Å². The topological polar surface area (TPSA) is 58.6 Å². The molecule has 1 aromatic rings. The van der Waals surface area contributed by atoms with E-state index in [4.69, 9.17) is 9.84 Å². The van der Waals surface area contributed by atoms with Gasteiger partial charge in [0.05, 0.1) is 12.2 Å². The third-order valence-electron chi connectivity index (χ3n) is 2.69. The fourth-order valence-corrected chi connectivity index (χ4v) is 1.79. The number of carbonyl (C=O) groups is 1. The van der Waals surface area contributed by atoms with Crippen molar-refractivity contribution < 1.29 is 27.8 Å². The second-order valence-corrected chi connectivity index (χ2v) is 4.84. The predicted octanol–water partition coefficient (Wildman–Crippen LogP) is 2.93. The van der Waals surface area contributed by atoms with Crippen LogP contribution >= 0.6 is 0 Å². The van der Waals surface area contributed by atoms with Crippen LogP contribution in [0.15, 0.2) is 24.3 Å². The number of benzene rings is 1. The Labute approximate surface area is 120 Å². The van der Waals surface area contributed by atoms with Gasteiger partial charge in [0, 0.05) is 12.5 Å². The lowest BCUT2D eigenvalue weighted by Crippen LogP contribution is -2.41. The molecule has 118 valence electrons. The Kier molecular flexibility index (Phi) is 6.02. The average Bonchev–Trinajstić information content (AvgIpc) is 2.36. The van der Waals surface area contributed by atoms with Crippen LogP contribution in [0.25, 0.3) is 0 Å². The predicted molar refractivity (Wildman–Crippen MR) is 71.3 cm³/mol. The van der Waals surface area contributed by atoms with Gasteiger partial charge in [-0.15, -0.1) is 0 Å². The monoisotopic (exact) mass is 305 g/mol. The van der Waals surface area contributed by atoms with Crippen molar-refractivity contribution >= 4 is 5.97 Å². The van der Waals surface area contributed by atoms with Crippen LogP contribution in [0.4, 0.5) is 13.2 Å². The van der Waals surface area contributed by atoms with E-state index in [1.165, 1.54) is 18.2 Å². The maximum absolute atomic E-state index is 12.7. The molecule has 0 aliphatic carbocycles. The van der Waals surface area contributed by atoms with Gasteiger partial charge in [-0.25, -0.2) is 0 Å². The lowest BCUT2D eigenvalue weighted by Gasteiger charge is -2.18. The zero-order valence-electron chi connectivity index (χ0n) is 11.8. The number of hydrogen-bond acceptors (Lipinski definition) is 3. The highest BCUT2D eigenvalue weighted by Gasteiger charge is 2.34. The van der Waals surface area contributed by atoms with Crippen molar-refractivity contribution in [1.29, 1.82) is 0 Å². The maximum Gasteiger partial charge on any atom is 0.419 e. The van der Waals surface area contributed by atoms with E-state index in [-0.39, 0.29) is 24.8 Å². The SMILES string of the molecule is CC(C)NC(CCOc1ccccc1C(F)(F)F)C(=O)O. The molecular formula is C14H18F3NO3. The summed E-state index contributed by atoms with van der Waals surface area (Å²) in [7, 11) is 0. The largest absolute Gasteiger partial charge is 0.493 e. The molecule has 2 N–H and O–H groups in total. The summed E-state index contributed by atoms with van der Waals surface area (Å²) in [5, 5.41) is 11.8. The van der Waals surface area contributed by atoms with E-state index in [9.17, 15) is 18.0 Å². The second kappa shape index (κ2) is 7.31. The van der Waals surface area contributed by atoms with E-state index in [1.807, 2.05) is 0 Å². The summed E-state index contributed by atoms with van der Waals surface area (Å²) >= 11 is 0. The van der Waals surface area contributed by atoms with Gasteiger partial charge in [-0.3, -0.25) is 4.79 Å². The zero-order chi connectivity index (χ0) is 16.0. The molecule has 21 heavy (non-hydrogen) atoms. The first-order valence-electron chi connectivity index (χ1n) is 6.49. The van der Waals surface area contributed by atoms with Crippen LogP contribution in [0.3, 0.4) is 0 Å². The smallest absolute Gasteiger partial charge is 0.419 e. The molecule has 1 atom stereocenters. The third kappa shape index (κ3) is 5.63. The van der Waals surface area contributed by atoms with Gasteiger partial charge in [-0.2, -0.15) is 13.2 Å². The molecule has 0 saturated heterocycles. The molecule has 0 saturated carbocycles. The fourth-order valence-electron chi connectivity index (χ4n) is 1.79. The van der Waals surface area contributed by atoms with Crippen molar-refractivity contribution in [2.75, 3.05) is 6.61 Å². The molecular weight excluding hydrogens is 287 g/mol. The molecule has 0 spiro atoms. The molecule has 0 radical (unpaired) electrons. The van der Waals surface area contributed by atoms with E-state index in [1.54, 1.807) is 13.8 Å². The second-order valence-electron chi connectivity index (χ2n) is 4.84. The summed E-state index contributed by atoms with van der Waals surface area (Å²) in [5.74, 6) is -1.35. The van der Waals surface area contributed by atoms with Gasteiger partial charge in [0.1, 0.15) is 11.8 Å². The quantitative estimate of drug-likeness (QED) is 0.813. The number of ether oxygens (including phenoxy) is 1. The van der Waals surface area contributed by atoms with Gasteiger partial charge in [0.25, 0.3) is 0 Å². The van der Waals surface area contributed by atoms with Crippen molar-refractivity contribution in [1.82, 2.24) is 5.32 Å². The first kappa shape index (κ1) is 17.3. The Balaban J connectivity index is 2.65. The molecule has 0 aromatic heterocycles. The normalized spacial score (nSPS) is 13.2. The minimum absolute atomic E-state index is 0.0476. The van der Waals surface area contributed by atoms with Crippen molar-refractivity contribution in [3.05, 3.63) is 29.8 Å². The molecule has 7 heteroatoms. The van der Waals surface area contributed by atoms with Crippen LogP contribution in [-0.2, 0) is 11.0 Å². The number of carboxylic acids is 1. The minimum Gasteiger partial charge on any atom is -0.493 e. The third-order valence-corrected chi connectivity index (χ3v) is 2.69. The molecule has 0 aliphatic heterocycles. The highest BCUT2D eigenvalue weighted by molar-refractivity contribution is 5.73. The van der Waals surface area contributed by atoms with Gasteiger partial charge in [0.15, 0.2) is 0 Å².